The van der Waals surface area contributed by atoms with Gasteiger partial charge in [0.15, 0.2) is 5.96 Å². The summed E-state index contributed by atoms with van der Waals surface area (Å²) in [7, 11) is 4.12. The van der Waals surface area contributed by atoms with Gasteiger partial charge in [0.05, 0.1) is 18.8 Å². The van der Waals surface area contributed by atoms with Crippen LogP contribution in [0.5, 0.6) is 0 Å². The molecule has 3 fully saturated rings. The number of fused-ring (bicyclic) bond motifs is 1. The van der Waals surface area contributed by atoms with E-state index in [9.17, 15) is 0 Å². The lowest BCUT2D eigenvalue weighted by atomic mass is 10.1. The number of benzene rings is 1. The second-order valence-corrected chi connectivity index (χ2v) is 9.16. The van der Waals surface area contributed by atoms with Gasteiger partial charge >= 0.3 is 0 Å². The van der Waals surface area contributed by atoms with Gasteiger partial charge in [0.2, 0.25) is 0 Å². The number of piperazine rings is 1. The van der Waals surface area contributed by atoms with Gasteiger partial charge < -0.3 is 24.8 Å². The predicted octanol–water partition coefficient (Wildman–Crippen LogP) is 1.79. The third-order valence-electron chi connectivity index (χ3n) is 6.94. The minimum absolute atomic E-state index is 0. The quantitative estimate of drug-likeness (QED) is 0.239. The highest BCUT2D eigenvalue weighted by Gasteiger charge is 2.41. The molecule has 2 atom stereocenters. The topological polar surface area (TPSA) is 46.6 Å². The summed E-state index contributed by atoms with van der Waals surface area (Å²) in [5.74, 6) is 1.03. The Balaban J connectivity index is 0.00000289. The number of guanidine groups is 1. The maximum absolute atomic E-state index is 6.14. The third kappa shape index (κ3) is 7.03. The minimum atomic E-state index is 0. The number of nitrogens with one attached hydrogen (secondary N) is 1. The molecule has 3 heterocycles. The van der Waals surface area contributed by atoms with Crippen molar-refractivity contribution in [3.8, 4) is 0 Å². The van der Waals surface area contributed by atoms with Crippen molar-refractivity contribution >= 4 is 29.9 Å². The van der Waals surface area contributed by atoms with Gasteiger partial charge in [-0.25, -0.2) is 0 Å². The van der Waals surface area contributed by atoms with Gasteiger partial charge in [0, 0.05) is 66.0 Å². The molecule has 1 aromatic carbocycles. The van der Waals surface area contributed by atoms with Gasteiger partial charge in [-0.2, -0.15) is 0 Å². The van der Waals surface area contributed by atoms with E-state index < -0.39 is 0 Å². The van der Waals surface area contributed by atoms with E-state index in [1.807, 2.05) is 7.05 Å². The van der Waals surface area contributed by atoms with E-state index in [1.54, 1.807) is 0 Å². The number of halogens is 1. The van der Waals surface area contributed by atoms with Gasteiger partial charge in [-0.3, -0.25) is 9.89 Å². The zero-order valence-corrected chi connectivity index (χ0v) is 22.1. The fourth-order valence-electron chi connectivity index (χ4n) is 5.01. The summed E-state index contributed by atoms with van der Waals surface area (Å²) in [6, 6.07) is 11.2. The number of nitrogens with zero attached hydrogens (tertiary/aromatic N) is 5. The Morgan fingerprint density at radius 1 is 1.06 bits per heavy atom. The number of likely N-dealkylation sites (tertiary alicyclic amines) is 1. The Labute approximate surface area is 211 Å². The molecule has 1 N–H and O–H groups in total. The molecule has 8 heteroatoms. The monoisotopic (exact) mass is 556 g/mol. The lowest BCUT2D eigenvalue weighted by Crippen LogP contribution is -2.50. The first-order chi connectivity index (χ1) is 15.2. The maximum Gasteiger partial charge on any atom is 0.193 e. The summed E-state index contributed by atoms with van der Waals surface area (Å²) in [5.41, 5.74) is 1.38. The van der Waals surface area contributed by atoms with Crippen molar-refractivity contribution < 1.29 is 4.74 Å². The Bertz CT molecular complexity index is 697. The average molecular weight is 557 g/mol. The molecule has 0 aliphatic carbocycles. The normalized spacial score (nSPS) is 25.4. The minimum Gasteiger partial charge on any atom is -0.373 e. The number of hydrogen-bond acceptors (Lipinski definition) is 5. The first-order valence-electron chi connectivity index (χ1n) is 12.0. The van der Waals surface area contributed by atoms with Crippen LogP contribution in [0.25, 0.3) is 0 Å². The summed E-state index contributed by atoms with van der Waals surface area (Å²) in [6.07, 6.45) is 2.70. The fourth-order valence-corrected chi connectivity index (χ4v) is 5.01. The highest BCUT2D eigenvalue weighted by Crippen LogP contribution is 2.24. The highest BCUT2D eigenvalue weighted by atomic mass is 127. The van der Waals surface area contributed by atoms with Gasteiger partial charge in [-0.1, -0.05) is 30.3 Å². The fraction of sp³-hybridized carbons (Fsp3) is 0.708. The molecule has 7 nitrogen and oxygen atoms in total. The second-order valence-electron chi connectivity index (χ2n) is 9.16. The van der Waals surface area contributed by atoms with E-state index in [0.717, 1.165) is 45.3 Å². The largest absolute Gasteiger partial charge is 0.373 e. The summed E-state index contributed by atoms with van der Waals surface area (Å²) < 4.78 is 6.14. The van der Waals surface area contributed by atoms with Crippen molar-refractivity contribution in [1.82, 2.24) is 24.9 Å². The van der Waals surface area contributed by atoms with Crippen LogP contribution in [0.15, 0.2) is 35.3 Å². The van der Waals surface area contributed by atoms with Gasteiger partial charge in [0.25, 0.3) is 0 Å². The summed E-state index contributed by atoms with van der Waals surface area (Å²) in [6.45, 7) is 11.8. The van der Waals surface area contributed by atoms with Crippen molar-refractivity contribution in [2.75, 3.05) is 79.6 Å². The van der Waals surface area contributed by atoms with Crippen molar-refractivity contribution in [2.24, 2.45) is 4.99 Å². The third-order valence-corrected chi connectivity index (χ3v) is 6.94. The molecule has 3 saturated heterocycles. The van der Waals surface area contributed by atoms with Crippen molar-refractivity contribution in [2.45, 2.75) is 31.5 Å². The molecule has 180 valence electrons. The molecule has 0 radical (unpaired) electrons. The number of unbranched alkanes of at least 4 members (excludes halogenated alkanes) is 1. The van der Waals surface area contributed by atoms with Crippen LogP contribution in [0.1, 0.15) is 18.4 Å². The Morgan fingerprint density at radius 2 is 1.84 bits per heavy atom. The molecule has 0 aromatic heterocycles. The van der Waals surface area contributed by atoms with Crippen LogP contribution in [-0.4, -0.2) is 117 Å². The van der Waals surface area contributed by atoms with Crippen molar-refractivity contribution in [3.63, 3.8) is 0 Å². The van der Waals surface area contributed by atoms with Crippen molar-refractivity contribution in [1.29, 1.82) is 0 Å². The molecule has 0 bridgehead atoms. The van der Waals surface area contributed by atoms with Crippen LogP contribution in [0.2, 0.25) is 0 Å². The molecule has 0 saturated carbocycles. The first-order valence-corrected chi connectivity index (χ1v) is 12.0. The van der Waals surface area contributed by atoms with Gasteiger partial charge in [-0.05, 0) is 32.0 Å². The molecule has 3 aliphatic heterocycles. The molecular formula is C24H41IN6O. The second kappa shape index (κ2) is 13.1. The number of hydrogen-bond donors (Lipinski definition) is 1. The Kier molecular flexibility index (Phi) is 10.5. The number of likely N-dealkylation sites (N-methyl/N-ethyl adjacent to an activating group) is 1. The van der Waals surface area contributed by atoms with Crippen LogP contribution in [0.3, 0.4) is 0 Å². The van der Waals surface area contributed by atoms with E-state index in [1.165, 1.54) is 51.1 Å². The number of aliphatic imine (C=N–C) groups is 1. The first kappa shape index (κ1) is 25.7. The van der Waals surface area contributed by atoms with Crippen LogP contribution in [0, 0.1) is 0 Å². The van der Waals surface area contributed by atoms with E-state index >= 15 is 0 Å². The molecule has 2 unspecified atom stereocenters. The molecular weight excluding hydrogens is 515 g/mol. The maximum atomic E-state index is 6.14. The predicted molar refractivity (Wildman–Crippen MR) is 142 cm³/mol. The van der Waals surface area contributed by atoms with Crippen LogP contribution >= 0.6 is 24.0 Å². The summed E-state index contributed by atoms with van der Waals surface area (Å²) in [4.78, 5) is 14.6. The number of rotatable bonds is 7. The van der Waals surface area contributed by atoms with E-state index in [2.05, 4.69) is 67.3 Å². The number of morpholine rings is 1. The van der Waals surface area contributed by atoms with Gasteiger partial charge in [0.1, 0.15) is 0 Å². The average Bonchev–Trinajstić information content (AvgIpc) is 3.23. The Hall–Kier alpha value is -0.940. The van der Waals surface area contributed by atoms with E-state index in [-0.39, 0.29) is 30.1 Å². The zero-order chi connectivity index (χ0) is 21.5. The molecule has 1 aromatic rings. The van der Waals surface area contributed by atoms with Crippen LogP contribution in [-0.2, 0) is 11.3 Å². The molecule has 0 spiro atoms. The summed E-state index contributed by atoms with van der Waals surface area (Å²) >= 11 is 0. The standard InChI is InChI=1S/C24H40N6O.HI/c1-25-24(26-10-6-7-11-28-14-12-27(2)13-15-28)30-19-22-23(20-30)31-17-16-29(22)18-21-8-4-3-5-9-21;/h3-5,8-9,22-23H,6-7,10-20H2,1-2H3,(H,25,26);1H. The number of ether oxygens (including phenoxy) is 1. The lowest BCUT2D eigenvalue weighted by Gasteiger charge is -2.36. The summed E-state index contributed by atoms with van der Waals surface area (Å²) in [5, 5.41) is 3.61. The molecule has 0 amide bonds. The lowest BCUT2D eigenvalue weighted by molar-refractivity contribution is -0.0502. The highest BCUT2D eigenvalue weighted by molar-refractivity contribution is 14.0. The van der Waals surface area contributed by atoms with Crippen LogP contribution < -0.4 is 5.32 Å². The van der Waals surface area contributed by atoms with Crippen LogP contribution in [0.4, 0.5) is 0 Å². The Morgan fingerprint density at radius 3 is 2.59 bits per heavy atom. The molecule has 3 aliphatic rings. The SMILES string of the molecule is CN=C(NCCCCN1CCN(C)CC1)N1CC2OCCN(Cc3ccccc3)C2C1.I. The van der Waals surface area contributed by atoms with E-state index in [0.29, 0.717) is 6.04 Å². The molecule has 32 heavy (non-hydrogen) atoms. The van der Waals surface area contributed by atoms with Gasteiger partial charge in [-0.15, -0.1) is 24.0 Å². The van der Waals surface area contributed by atoms with Crippen molar-refractivity contribution in [3.05, 3.63) is 35.9 Å². The zero-order valence-electron chi connectivity index (χ0n) is 19.8. The smallest absolute Gasteiger partial charge is 0.193 e. The molecule has 4 rings (SSSR count). The van der Waals surface area contributed by atoms with E-state index in [4.69, 9.17) is 4.74 Å².